The number of nitrogens with one attached hydrogen (secondary N) is 3. The Balaban J connectivity index is 0.000000214. The third-order valence-corrected chi connectivity index (χ3v) is 14.8. The molecular formula is C54H66N14O9S2. The van der Waals surface area contributed by atoms with Gasteiger partial charge >= 0.3 is 0 Å². The molecule has 3 aromatic carbocycles. The van der Waals surface area contributed by atoms with Crippen LogP contribution in [0.15, 0.2) is 119 Å². The highest BCUT2D eigenvalue weighted by molar-refractivity contribution is 7.89. The van der Waals surface area contributed by atoms with Crippen molar-refractivity contribution in [2.75, 3.05) is 85.2 Å². The second kappa shape index (κ2) is 24.8. The number of methoxy groups -OCH3 is 1. The van der Waals surface area contributed by atoms with Crippen molar-refractivity contribution in [3.8, 4) is 28.7 Å². The Morgan fingerprint density at radius 3 is 1.71 bits per heavy atom. The molecule has 2 atom stereocenters. The number of aromatic amines is 1. The number of likely N-dealkylation sites (tertiary alicyclic amines) is 2. The van der Waals surface area contributed by atoms with Crippen LogP contribution in [0.5, 0.6) is 28.7 Å². The predicted octanol–water partition coefficient (Wildman–Crippen LogP) is 5.20. The molecule has 4 aromatic heterocycles. The van der Waals surface area contributed by atoms with Crippen LogP contribution < -0.4 is 35.1 Å². The van der Waals surface area contributed by atoms with Gasteiger partial charge in [-0.2, -0.15) is 10.2 Å². The van der Waals surface area contributed by atoms with Gasteiger partial charge < -0.3 is 44.4 Å². The number of nitrogens with two attached hydrogens (primary N) is 2. The molecule has 2 aliphatic heterocycles. The maximum Gasteiger partial charge on any atom is 0.246 e. The van der Waals surface area contributed by atoms with Crippen molar-refractivity contribution in [1.82, 2.24) is 49.5 Å². The van der Waals surface area contributed by atoms with Gasteiger partial charge in [-0.05, 0) is 108 Å². The Morgan fingerprint density at radius 2 is 1.20 bits per heavy atom. The van der Waals surface area contributed by atoms with Crippen molar-refractivity contribution in [1.29, 1.82) is 0 Å². The first-order valence-corrected chi connectivity index (χ1v) is 28.4. The quantitative estimate of drug-likeness (QED) is 0.0650. The molecule has 2 amide bonds. The Labute approximate surface area is 459 Å². The lowest BCUT2D eigenvalue weighted by Crippen LogP contribution is -2.30. The minimum Gasteiger partial charge on any atom is -0.497 e. The minimum atomic E-state index is -4.06. The predicted molar refractivity (Wildman–Crippen MR) is 301 cm³/mol. The molecule has 0 saturated carbocycles. The van der Waals surface area contributed by atoms with Crippen LogP contribution in [-0.4, -0.2) is 165 Å². The fourth-order valence-electron chi connectivity index (χ4n) is 8.95. The number of pyridine rings is 2. The van der Waals surface area contributed by atoms with E-state index in [2.05, 4.69) is 30.8 Å². The van der Waals surface area contributed by atoms with E-state index in [4.69, 9.17) is 29.6 Å². The van der Waals surface area contributed by atoms with Gasteiger partial charge in [0.2, 0.25) is 31.9 Å². The molecule has 79 heavy (non-hydrogen) atoms. The Hall–Kier alpha value is -7.94. The van der Waals surface area contributed by atoms with E-state index in [9.17, 15) is 26.4 Å². The molecule has 2 saturated heterocycles. The molecule has 2 aliphatic rings. The topological polar surface area (TPSA) is 291 Å². The van der Waals surface area contributed by atoms with Crippen LogP contribution in [0.1, 0.15) is 29.5 Å². The van der Waals surface area contributed by atoms with Gasteiger partial charge in [0.25, 0.3) is 0 Å². The van der Waals surface area contributed by atoms with Crippen LogP contribution in [0.2, 0.25) is 0 Å². The third kappa shape index (κ3) is 14.6. The summed E-state index contributed by atoms with van der Waals surface area (Å²) < 4.78 is 68.3. The van der Waals surface area contributed by atoms with Gasteiger partial charge in [0.05, 0.1) is 13.7 Å². The summed E-state index contributed by atoms with van der Waals surface area (Å²) in [5, 5.41) is 31.1. The second-order valence-electron chi connectivity index (χ2n) is 19.8. The SMILES string of the molecule is COc1ccc(Cn2nc(N[C@@H]3CCN(C(=O)/C=C/CN(C)C)C3)c3c(Oc4ccc(C)cc4S(N)(=O)=O)ccnc32)cc1.Cc1ccc(Oc2ccnc3[nH]nc(N[C@@H]4CCN(C(=O)/C=C/CN(C)C)C4)c23)c(S(N)(=O)=O)c1. The number of carbonyl (C=O) groups is 2. The Kier molecular flexibility index (Phi) is 18.0. The number of aryl methyl sites for hydroxylation is 2. The van der Waals surface area contributed by atoms with Crippen molar-refractivity contribution < 1.29 is 40.6 Å². The summed E-state index contributed by atoms with van der Waals surface area (Å²) in [5.74, 6) is 2.66. The number of fused-ring (bicyclic) bond motifs is 2. The van der Waals surface area contributed by atoms with E-state index in [0.717, 1.165) is 35.3 Å². The van der Waals surface area contributed by atoms with Crippen molar-refractivity contribution in [3.05, 3.63) is 126 Å². The van der Waals surface area contributed by atoms with Crippen LogP contribution in [0, 0.1) is 13.8 Å². The van der Waals surface area contributed by atoms with E-state index in [-0.39, 0.29) is 45.2 Å². The van der Waals surface area contributed by atoms with Crippen LogP contribution >= 0.6 is 0 Å². The van der Waals surface area contributed by atoms with Gasteiger partial charge in [0.15, 0.2) is 22.9 Å². The number of likely N-dealkylation sites (N-methyl/N-ethyl adjacent to an activating group) is 2. The standard InChI is InChI=1S/C31H37N7O5S.C23H29N7O4S/c1-21-7-12-25(27(18-21)44(32,40)41)43-26-13-15-33-31-29(26)30(35-38(31)19-22-8-10-24(42-4)11-9-22)34-23-14-17-37(20-23)28(39)6-5-16-36(2)3;1-15-6-7-17(19(13-15)35(24,32)33)34-18-8-10-25-22-21(18)23(28-27-22)26-16-9-12-30(14-16)20(31)5-4-11-29(2)3/h5-13,15,18,23H,14,16-17,19-20H2,1-4H3,(H,34,35)(H2,32,40,41);4-8,10,13,16H,9,11-12,14H2,1-3H3,(H2,24,32,33)(H2,25,26,27,28)/b6-5+;5-4+/t23-;16-/m11/s1. The first-order valence-electron chi connectivity index (χ1n) is 25.3. The zero-order valence-corrected chi connectivity index (χ0v) is 46.7. The largest absolute Gasteiger partial charge is 0.497 e. The summed E-state index contributed by atoms with van der Waals surface area (Å²) in [7, 11) is 1.35. The van der Waals surface area contributed by atoms with Crippen molar-refractivity contribution in [2.45, 2.75) is 55.1 Å². The van der Waals surface area contributed by atoms with Crippen molar-refractivity contribution >= 4 is 65.6 Å². The number of amides is 2. The number of H-pyrrole nitrogens is 1. The number of rotatable bonds is 19. The average Bonchev–Trinajstić information content (AvgIpc) is 4.31. The van der Waals surface area contributed by atoms with Crippen molar-refractivity contribution in [2.24, 2.45) is 10.3 Å². The smallest absolute Gasteiger partial charge is 0.246 e. The number of hydrogen-bond donors (Lipinski definition) is 5. The monoisotopic (exact) mass is 1120 g/mol. The van der Waals surface area contributed by atoms with Gasteiger partial charge in [0.1, 0.15) is 49.3 Å². The first kappa shape index (κ1) is 57.2. The lowest BCUT2D eigenvalue weighted by molar-refractivity contribution is -0.125. The number of aromatic nitrogens is 6. The van der Waals surface area contributed by atoms with Crippen molar-refractivity contribution in [3.63, 3.8) is 0 Å². The van der Waals surface area contributed by atoms with Crippen LogP contribution in [0.3, 0.4) is 0 Å². The van der Waals surface area contributed by atoms with Crippen LogP contribution in [0.25, 0.3) is 22.1 Å². The molecule has 0 aliphatic carbocycles. The van der Waals surface area contributed by atoms with E-state index in [0.29, 0.717) is 91.0 Å². The van der Waals surface area contributed by atoms with Gasteiger partial charge in [-0.15, -0.1) is 0 Å². The fourth-order valence-corrected chi connectivity index (χ4v) is 10.4. The van der Waals surface area contributed by atoms with E-state index < -0.39 is 20.0 Å². The highest BCUT2D eigenvalue weighted by Crippen LogP contribution is 2.39. The molecule has 23 nitrogen and oxygen atoms in total. The molecule has 0 bridgehead atoms. The van der Waals surface area contributed by atoms with Gasteiger partial charge in [-0.3, -0.25) is 14.7 Å². The summed E-state index contributed by atoms with van der Waals surface area (Å²) in [5.41, 5.74) is 3.47. The number of hydrogen-bond acceptors (Lipinski definition) is 17. The van der Waals surface area contributed by atoms with Crippen LogP contribution in [-0.2, 0) is 36.2 Å². The number of primary sulfonamides is 2. The normalized spacial score (nSPS) is 15.9. The number of benzene rings is 3. The summed E-state index contributed by atoms with van der Waals surface area (Å²) in [6.07, 6.45) is 11.5. The maximum absolute atomic E-state index is 12.8. The molecule has 0 unspecified atom stereocenters. The lowest BCUT2D eigenvalue weighted by atomic mass is 10.2. The number of anilines is 2. The number of carbonyl (C=O) groups excluding carboxylic acids is 2. The molecule has 25 heteroatoms. The molecule has 2 fully saturated rings. The molecule has 7 N–H and O–H groups in total. The first-order chi connectivity index (χ1) is 37.6. The summed E-state index contributed by atoms with van der Waals surface area (Å²) >= 11 is 0. The maximum atomic E-state index is 12.8. The lowest BCUT2D eigenvalue weighted by Gasteiger charge is -2.16. The van der Waals surface area contributed by atoms with E-state index in [1.165, 1.54) is 12.1 Å². The molecular weight excluding hydrogens is 1050 g/mol. The highest BCUT2D eigenvalue weighted by atomic mass is 32.2. The Morgan fingerprint density at radius 1 is 0.696 bits per heavy atom. The number of ether oxygens (including phenoxy) is 3. The third-order valence-electron chi connectivity index (χ3n) is 12.9. The summed E-state index contributed by atoms with van der Waals surface area (Å²) in [6.45, 7) is 7.62. The zero-order chi connectivity index (χ0) is 56.6. The minimum absolute atomic E-state index is 0.0138. The molecule has 418 valence electrons. The number of sulfonamides is 2. The molecule has 7 aromatic rings. The zero-order valence-electron chi connectivity index (χ0n) is 45.1. The van der Waals surface area contributed by atoms with E-state index >= 15 is 0 Å². The molecule has 6 heterocycles. The average molecular weight is 1120 g/mol. The number of nitrogens with zero attached hydrogens (tertiary/aromatic N) is 9. The Bertz CT molecular complexity index is 3620. The fraction of sp³-hybridized carbons (Fsp3) is 0.333. The molecule has 0 spiro atoms. The molecule has 9 rings (SSSR count). The summed E-state index contributed by atoms with van der Waals surface area (Å²) in [4.78, 5) is 41.5. The van der Waals surface area contributed by atoms with E-state index in [1.807, 2.05) is 74.4 Å². The van der Waals surface area contributed by atoms with Crippen LogP contribution in [0.4, 0.5) is 11.6 Å². The van der Waals surface area contributed by atoms with Gasteiger partial charge in [-0.1, -0.05) is 36.4 Å². The van der Waals surface area contributed by atoms with Gasteiger partial charge in [-0.25, -0.2) is 41.8 Å². The van der Waals surface area contributed by atoms with Gasteiger partial charge in [0, 0.05) is 88.0 Å². The summed E-state index contributed by atoms with van der Waals surface area (Å²) in [6, 6.07) is 20.5. The molecule has 0 radical (unpaired) electrons. The highest BCUT2D eigenvalue weighted by Gasteiger charge is 2.30. The second-order valence-corrected chi connectivity index (χ2v) is 22.9. The van der Waals surface area contributed by atoms with E-state index in [1.54, 1.807) is 96.4 Å².